The Bertz CT molecular complexity index is 223. The zero-order chi connectivity index (χ0) is 8.43. The summed E-state index contributed by atoms with van der Waals surface area (Å²) in [5, 5.41) is 0. The SMILES string of the molecule is C=C1CC(OC(N)=O)C(=O)O1. The lowest BCUT2D eigenvalue weighted by Gasteiger charge is -2.02. The van der Waals surface area contributed by atoms with E-state index < -0.39 is 18.2 Å². The molecule has 1 rings (SSSR count). The second-order valence-electron chi connectivity index (χ2n) is 2.09. The third-order valence-corrected chi connectivity index (χ3v) is 1.18. The number of amides is 1. The predicted molar refractivity (Wildman–Crippen MR) is 34.3 cm³/mol. The molecular weight excluding hydrogens is 150 g/mol. The molecule has 1 unspecified atom stereocenters. The van der Waals surface area contributed by atoms with Gasteiger partial charge in [0.25, 0.3) is 0 Å². The molecule has 0 aliphatic carbocycles. The molecule has 0 bridgehead atoms. The maximum Gasteiger partial charge on any atom is 0.405 e. The van der Waals surface area contributed by atoms with Gasteiger partial charge in [0.05, 0.1) is 6.42 Å². The Morgan fingerprint density at radius 1 is 1.82 bits per heavy atom. The Morgan fingerprint density at radius 2 is 2.45 bits per heavy atom. The van der Waals surface area contributed by atoms with Gasteiger partial charge in [-0.05, 0) is 0 Å². The number of cyclic esters (lactones) is 1. The lowest BCUT2D eigenvalue weighted by atomic mass is 10.3. The largest absolute Gasteiger partial charge is 0.434 e. The van der Waals surface area contributed by atoms with Crippen molar-refractivity contribution >= 4 is 12.1 Å². The van der Waals surface area contributed by atoms with Gasteiger partial charge in [0.2, 0.25) is 6.10 Å². The van der Waals surface area contributed by atoms with Crippen LogP contribution in [0.25, 0.3) is 0 Å². The van der Waals surface area contributed by atoms with Gasteiger partial charge in [-0.25, -0.2) is 9.59 Å². The van der Waals surface area contributed by atoms with Crippen molar-refractivity contribution in [1.82, 2.24) is 0 Å². The van der Waals surface area contributed by atoms with E-state index >= 15 is 0 Å². The summed E-state index contributed by atoms with van der Waals surface area (Å²) in [6.07, 6.45) is -1.69. The van der Waals surface area contributed by atoms with Crippen molar-refractivity contribution in [3.8, 4) is 0 Å². The number of rotatable bonds is 1. The molecule has 0 aromatic rings. The molecule has 1 heterocycles. The average Bonchev–Trinajstić information content (AvgIpc) is 2.09. The Hall–Kier alpha value is -1.52. The van der Waals surface area contributed by atoms with Gasteiger partial charge >= 0.3 is 12.1 Å². The zero-order valence-corrected chi connectivity index (χ0v) is 5.70. The van der Waals surface area contributed by atoms with Crippen LogP contribution in [0.4, 0.5) is 4.79 Å². The molecule has 0 saturated carbocycles. The van der Waals surface area contributed by atoms with E-state index in [1.807, 2.05) is 0 Å². The van der Waals surface area contributed by atoms with Crippen LogP contribution in [0.5, 0.6) is 0 Å². The first-order valence-electron chi connectivity index (χ1n) is 2.95. The van der Waals surface area contributed by atoms with Gasteiger partial charge in [-0.2, -0.15) is 0 Å². The molecule has 5 heteroatoms. The van der Waals surface area contributed by atoms with Gasteiger partial charge in [-0.3, -0.25) is 0 Å². The number of nitrogens with two attached hydrogens (primary N) is 1. The Morgan fingerprint density at radius 3 is 2.82 bits per heavy atom. The summed E-state index contributed by atoms with van der Waals surface area (Å²) in [7, 11) is 0. The molecule has 2 N–H and O–H groups in total. The standard InChI is InChI=1S/C6H7NO4/c1-3-2-4(5(8)10-3)11-6(7)9/h4H,1-2H2,(H2,7,9). The van der Waals surface area contributed by atoms with E-state index in [0.29, 0.717) is 5.76 Å². The molecule has 5 nitrogen and oxygen atoms in total. The highest BCUT2D eigenvalue weighted by atomic mass is 16.6. The van der Waals surface area contributed by atoms with E-state index in [9.17, 15) is 9.59 Å². The molecule has 0 aromatic carbocycles. The Labute approximate surface area is 62.8 Å². The monoisotopic (exact) mass is 157 g/mol. The highest BCUT2D eigenvalue weighted by Gasteiger charge is 2.32. The summed E-state index contributed by atoms with van der Waals surface area (Å²) in [6.45, 7) is 3.39. The number of esters is 1. The minimum atomic E-state index is -0.985. The molecular formula is C6H7NO4. The zero-order valence-electron chi connectivity index (χ0n) is 5.70. The van der Waals surface area contributed by atoms with E-state index in [4.69, 9.17) is 0 Å². The predicted octanol–water partition coefficient (Wildman–Crippen LogP) is -0.0891. The molecule has 1 amide bonds. The van der Waals surface area contributed by atoms with E-state index in [2.05, 4.69) is 21.8 Å². The molecule has 0 aromatic heterocycles. The maximum atomic E-state index is 10.7. The lowest BCUT2D eigenvalue weighted by molar-refractivity contribution is -0.142. The van der Waals surface area contributed by atoms with Crippen molar-refractivity contribution in [2.45, 2.75) is 12.5 Å². The number of hydrogen-bond acceptors (Lipinski definition) is 4. The molecule has 1 aliphatic heterocycles. The molecule has 0 radical (unpaired) electrons. The summed E-state index contributed by atoms with van der Waals surface area (Å²) in [5.41, 5.74) is 4.68. The van der Waals surface area contributed by atoms with E-state index in [1.54, 1.807) is 0 Å². The van der Waals surface area contributed by atoms with Gasteiger partial charge in [-0.1, -0.05) is 6.58 Å². The second-order valence-corrected chi connectivity index (χ2v) is 2.09. The van der Waals surface area contributed by atoms with Gasteiger partial charge < -0.3 is 15.2 Å². The quantitative estimate of drug-likeness (QED) is 0.539. The summed E-state index contributed by atoms with van der Waals surface area (Å²) in [6, 6.07) is 0. The Kier molecular flexibility index (Phi) is 1.80. The number of carbonyl (C=O) groups excluding carboxylic acids is 2. The van der Waals surface area contributed by atoms with Crippen LogP contribution < -0.4 is 5.73 Å². The van der Waals surface area contributed by atoms with Crippen LogP contribution in [0.3, 0.4) is 0 Å². The molecule has 1 saturated heterocycles. The van der Waals surface area contributed by atoms with Crippen LogP contribution >= 0.6 is 0 Å². The van der Waals surface area contributed by atoms with Crippen LogP contribution in [-0.2, 0) is 14.3 Å². The van der Waals surface area contributed by atoms with Crippen LogP contribution in [0.1, 0.15) is 6.42 Å². The van der Waals surface area contributed by atoms with Crippen LogP contribution in [0, 0.1) is 0 Å². The summed E-state index contributed by atoms with van der Waals surface area (Å²) < 4.78 is 8.91. The van der Waals surface area contributed by atoms with Crippen molar-refractivity contribution in [2.24, 2.45) is 5.73 Å². The Balaban J connectivity index is 2.53. The van der Waals surface area contributed by atoms with Gasteiger partial charge in [-0.15, -0.1) is 0 Å². The smallest absolute Gasteiger partial charge is 0.405 e. The van der Waals surface area contributed by atoms with E-state index in [-0.39, 0.29) is 6.42 Å². The second kappa shape index (κ2) is 2.61. The molecule has 1 aliphatic rings. The highest BCUT2D eigenvalue weighted by molar-refractivity contribution is 5.81. The van der Waals surface area contributed by atoms with E-state index in [0.717, 1.165) is 0 Å². The minimum absolute atomic E-state index is 0.196. The van der Waals surface area contributed by atoms with Crippen LogP contribution in [0.15, 0.2) is 12.3 Å². The fourth-order valence-electron chi connectivity index (χ4n) is 0.770. The number of hydrogen-bond donors (Lipinski definition) is 1. The molecule has 1 atom stereocenters. The normalized spacial score (nSPS) is 23.1. The number of carbonyl (C=O) groups is 2. The summed E-state index contributed by atoms with van der Waals surface area (Å²) in [5.74, 6) is -0.324. The first-order chi connectivity index (χ1) is 5.09. The number of ether oxygens (including phenoxy) is 2. The van der Waals surface area contributed by atoms with Gasteiger partial charge in [0, 0.05) is 0 Å². The van der Waals surface area contributed by atoms with Gasteiger partial charge in [0.1, 0.15) is 5.76 Å². The average molecular weight is 157 g/mol. The van der Waals surface area contributed by atoms with Crippen molar-refractivity contribution in [2.75, 3.05) is 0 Å². The van der Waals surface area contributed by atoms with Crippen LogP contribution in [0.2, 0.25) is 0 Å². The topological polar surface area (TPSA) is 78.6 Å². The third-order valence-electron chi connectivity index (χ3n) is 1.18. The highest BCUT2D eigenvalue weighted by Crippen LogP contribution is 2.18. The van der Waals surface area contributed by atoms with Crippen molar-refractivity contribution in [1.29, 1.82) is 0 Å². The fraction of sp³-hybridized carbons (Fsp3) is 0.333. The maximum absolute atomic E-state index is 10.7. The molecule has 60 valence electrons. The number of primary amides is 1. The van der Waals surface area contributed by atoms with E-state index in [1.165, 1.54) is 0 Å². The molecule has 1 fully saturated rings. The minimum Gasteiger partial charge on any atom is -0.434 e. The molecule has 11 heavy (non-hydrogen) atoms. The molecule has 0 spiro atoms. The van der Waals surface area contributed by atoms with Crippen molar-refractivity contribution in [3.63, 3.8) is 0 Å². The summed E-state index contributed by atoms with van der Waals surface area (Å²) >= 11 is 0. The van der Waals surface area contributed by atoms with Crippen molar-refractivity contribution in [3.05, 3.63) is 12.3 Å². The fourth-order valence-corrected chi connectivity index (χ4v) is 0.770. The first kappa shape index (κ1) is 7.59. The summed E-state index contributed by atoms with van der Waals surface area (Å²) in [4.78, 5) is 20.9. The lowest BCUT2D eigenvalue weighted by Crippen LogP contribution is -2.25. The third kappa shape index (κ3) is 1.70. The first-order valence-corrected chi connectivity index (χ1v) is 2.95. The van der Waals surface area contributed by atoms with Gasteiger partial charge in [0.15, 0.2) is 0 Å². The van der Waals surface area contributed by atoms with Crippen molar-refractivity contribution < 1.29 is 19.1 Å². The van der Waals surface area contributed by atoms with Crippen LogP contribution in [-0.4, -0.2) is 18.2 Å².